The van der Waals surface area contributed by atoms with Gasteiger partial charge in [-0.15, -0.1) is 0 Å². The minimum atomic E-state index is 0.000197. The smallest absolute Gasteiger partial charge is 0.251 e. The summed E-state index contributed by atoms with van der Waals surface area (Å²) in [7, 11) is 2.25. The molecule has 0 spiro atoms. The lowest BCUT2D eigenvalue weighted by Crippen LogP contribution is -2.34. The van der Waals surface area contributed by atoms with Crippen LogP contribution in [0.2, 0.25) is 0 Å². The lowest BCUT2D eigenvalue weighted by molar-refractivity contribution is 0.0952. The second-order valence-electron chi connectivity index (χ2n) is 9.65. The summed E-state index contributed by atoms with van der Waals surface area (Å²) < 4.78 is 0. The first-order valence-electron chi connectivity index (χ1n) is 12.9. The van der Waals surface area contributed by atoms with Gasteiger partial charge in [-0.3, -0.25) is 9.69 Å². The lowest BCUT2D eigenvalue weighted by atomic mass is 9.94. The van der Waals surface area contributed by atoms with E-state index in [1.807, 2.05) is 36.7 Å². The molecule has 35 heavy (non-hydrogen) atoms. The third-order valence-electron chi connectivity index (χ3n) is 6.90. The standard InChI is InChI=1S/C27H39N7O/c1-33(24-7-3-2-4-8-24)18-6-5-13-32-27(35)23-11-9-22(10-12-23)19-34(20-25-28-14-15-29-25)21-26-30-16-17-31-26/h9-12,14-17,24H,2-8,13,18-21H2,1H3,(H,28,29)(H,30,31)(H,32,35). The van der Waals surface area contributed by atoms with Crippen LogP contribution in [-0.4, -0.2) is 61.8 Å². The average Bonchev–Trinajstić information content (AvgIpc) is 3.59. The van der Waals surface area contributed by atoms with E-state index in [0.717, 1.165) is 55.7 Å². The summed E-state index contributed by atoms with van der Waals surface area (Å²) in [4.78, 5) is 32.4. The topological polar surface area (TPSA) is 92.9 Å². The second-order valence-corrected chi connectivity index (χ2v) is 9.65. The summed E-state index contributed by atoms with van der Waals surface area (Å²) in [5, 5.41) is 3.08. The van der Waals surface area contributed by atoms with Gasteiger partial charge in [-0.25, -0.2) is 9.97 Å². The molecule has 0 unspecified atom stereocenters. The number of benzene rings is 1. The third kappa shape index (κ3) is 8.04. The Morgan fingerprint density at radius 3 is 2.20 bits per heavy atom. The fourth-order valence-electron chi connectivity index (χ4n) is 4.87. The van der Waals surface area contributed by atoms with Crippen molar-refractivity contribution in [2.75, 3.05) is 20.1 Å². The Morgan fingerprint density at radius 2 is 1.60 bits per heavy atom. The number of carbonyl (C=O) groups excluding carboxylic acids is 1. The highest BCUT2D eigenvalue weighted by molar-refractivity contribution is 5.94. The highest BCUT2D eigenvalue weighted by Gasteiger charge is 2.17. The van der Waals surface area contributed by atoms with E-state index in [0.29, 0.717) is 18.7 Å². The number of carbonyl (C=O) groups is 1. The van der Waals surface area contributed by atoms with Gasteiger partial charge in [0.2, 0.25) is 0 Å². The van der Waals surface area contributed by atoms with Crippen molar-refractivity contribution in [1.29, 1.82) is 0 Å². The summed E-state index contributed by atoms with van der Waals surface area (Å²) >= 11 is 0. The maximum absolute atomic E-state index is 12.6. The molecule has 1 amide bonds. The van der Waals surface area contributed by atoms with Crippen LogP contribution in [0.1, 0.15) is 72.5 Å². The maximum Gasteiger partial charge on any atom is 0.251 e. The van der Waals surface area contributed by atoms with Crippen molar-refractivity contribution in [2.45, 2.75) is 70.6 Å². The Morgan fingerprint density at radius 1 is 0.943 bits per heavy atom. The molecule has 4 rings (SSSR count). The molecular weight excluding hydrogens is 438 g/mol. The van der Waals surface area contributed by atoms with Crippen LogP contribution in [0.25, 0.3) is 0 Å². The van der Waals surface area contributed by atoms with Crippen LogP contribution >= 0.6 is 0 Å². The molecule has 0 aliphatic heterocycles. The van der Waals surface area contributed by atoms with Gasteiger partial charge in [-0.05, 0) is 57.0 Å². The van der Waals surface area contributed by atoms with E-state index in [4.69, 9.17) is 0 Å². The molecule has 3 N–H and O–H groups in total. The number of hydrogen-bond acceptors (Lipinski definition) is 5. The van der Waals surface area contributed by atoms with Crippen molar-refractivity contribution in [3.05, 3.63) is 71.8 Å². The van der Waals surface area contributed by atoms with E-state index >= 15 is 0 Å². The molecule has 2 aromatic heterocycles. The van der Waals surface area contributed by atoms with Gasteiger partial charge < -0.3 is 20.2 Å². The highest BCUT2D eigenvalue weighted by Crippen LogP contribution is 2.21. The summed E-state index contributed by atoms with van der Waals surface area (Å²) in [6, 6.07) is 8.65. The van der Waals surface area contributed by atoms with Crippen LogP contribution in [0.4, 0.5) is 0 Å². The zero-order valence-electron chi connectivity index (χ0n) is 20.9. The Hall–Kier alpha value is -2.97. The van der Waals surface area contributed by atoms with Crippen molar-refractivity contribution in [3.8, 4) is 0 Å². The molecule has 1 saturated carbocycles. The highest BCUT2D eigenvalue weighted by atomic mass is 16.1. The molecule has 1 fully saturated rings. The molecule has 1 aliphatic rings. The van der Waals surface area contributed by atoms with Crippen LogP contribution in [0.15, 0.2) is 49.1 Å². The second kappa shape index (κ2) is 13.2. The first kappa shape index (κ1) is 25.1. The number of hydrogen-bond donors (Lipinski definition) is 3. The number of aromatic amines is 2. The maximum atomic E-state index is 12.6. The minimum absolute atomic E-state index is 0.000197. The van der Waals surface area contributed by atoms with Crippen LogP contribution < -0.4 is 5.32 Å². The molecule has 0 atom stereocenters. The zero-order chi connectivity index (χ0) is 24.3. The SMILES string of the molecule is CN(CCCCNC(=O)c1ccc(CN(Cc2ncc[nH]2)Cc2ncc[nH]2)cc1)C1CCCCC1. The number of aromatic nitrogens is 4. The van der Waals surface area contributed by atoms with Crippen LogP contribution in [0.3, 0.4) is 0 Å². The van der Waals surface area contributed by atoms with E-state index in [9.17, 15) is 4.79 Å². The van der Waals surface area contributed by atoms with Gasteiger partial charge in [0, 0.05) is 49.5 Å². The van der Waals surface area contributed by atoms with E-state index in [1.165, 1.54) is 32.1 Å². The number of H-pyrrole nitrogens is 2. The molecule has 188 valence electrons. The normalized spacial score (nSPS) is 14.6. The third-order valence-corrected chi connectivity index (χ3v) is 6.90. The van der Waals surface area contributed by atoms with Crippen molar-refractivity contribution in [2.24, 2.45) is 0 Å². The summed E-state index contributed by atoms with van der Waals surface area (Å²) in [6.45, 7) is 3.94. The molecule has 1 aromatic carbocycles. The van der Waals surface area contributed by atoms with Crippen molar-refractivity contribution in [1.82, 2.24) is 35.1 Å². The Bertz CT molecular complexity index is 943. The molecule has 2 heterocycles. The predicted molar refractivity (Wildman–Crippen MR) is 138 cm³/mol. The van der Waals surface area contributed by atoms with Gasteiger partial charge >= 0.3 is 0 Å². The van der Waals surface area contributed by atoms with Gasteiger partial charge in [0.1, 0.15) is 11.6 Å². The molecule has 0 bridgehead atoms. The fourth-order valence-corrected chi connectivity index (χ4v) is 4.87. The first-order chi connectivity index (χ1) is 17.2. The van der Waals surface area contributed by atoms with Crippen molar-refractivity contribution >= 4 is 5.91 Å². The largest absolute Gasteiger partial charge is 0.352 e. The molecule has 3 aromatic rings. The quantitative estimate of drug-likeness (QED) is 0.322. The first-order valence-corrected chi connectivity index (χ1v) is 12.9. The zero-order valence-corrected chi connectivity index (χ0v) is 20.9. The summed E-state index contributed by atoms with van der Waals surface area (Å²) in [5.74, 6) is 1.83. The Labute approximate surface area is 208 Å². The lowest BCUT2D eigenvalue weighted by Gasteiger charge is -2.31. The summed E-state index contributed by atoms with van der Waals surface area (Å²) in [5.41, 5.74) is 1.85. The monoisotopic (exact) mass is 477 g/mol. The van der Waals surface area contributed by atoms with Crippen molar-refractivity contribution < 1.29 is 4.79 Å². The number of rotatable bonds is 13. The fraction of sp³-hybridized carbons (Fsp3) is 0.519. The van der Waals surface area contributed by atoms with Crippen LogP contribution in [0.5, 0.6) is 0 Å². The van der Waals surface area contributed by atoms with E-state index in [1.54, 1.807) is 12.4 Å². The van der Waals surface area contributed by atoms with Gasteiger partial charge in [-0.2, -0.15) is 0 Å². The van der Waals surface area contributed by atoms with Crippen LogP contribution in [-0.2, 0) is 19.6 Å². The van der Waals surface area contributed by atoms with Gasteiger partial charge in [0.25, 0.3) is 5.91 Å². The number of amides is 1. The van der Waals surface area contributed by atoms with E-state index in [-0.39, 0.29) is 5.91 Å². The predicted octanol–water partition coefficient (Wildman–Crippen LogP) is 4.11. The number of unbranched alkanes of at least 4 members (excludes halogenated alkanes) is 1. The van der Waals surface area contributed by atoms with Gasteiger partial charge in [-0.1, -0.05) is 31.4 Å². The molecule has 1 aliphatic carbocycles. The van der Waals surface area contributed by atoms with E-state index in [2.05, 4.69) is 42.1 Å². The molecule has 8 nitrogen and oxygen atoms in total. The molecule has 0 saturated heterocycles. The number of nitrogens with one attached hydrogen (secondary N) is 3. The number of nitrogens with zero attached hydrogens (tertiary/aromatic N) is 4. The summed E-state index contributed by atoms with van der Waals surface area (Å²) in [6.07, 6.45) is 16.1. The van der Waals surface area contributed by atoms with Gasteiger partial charge in [0.05, 0.1) is 13.1 Å². The molecule has 8 heteroatoms. The van der Waals surface area contributed by atoms with Crippen LogP contribution in [0, 0.1) is 0 Å². The van der Waals surface area contributed by atoms with Crippen molar-refractivity contribution in [3.63, 3.8) is 0 Å². The average molecular weight is 478 g/mol. The number of imidazole rings is 2. The molecular formula is C27H39N7O. The minimum Gasteiger partial charge on any atom is -0.352 e. The Kier molecular flexibility index (Phi) is 9.48. The Balaban J connectivity index is 1.20. The molecule has 0 radical (unpaired) electrons. The van der Waals surface area contributed by atoms with E-state index < -0.39 is 0 Å². The van der Waals surface area contributed by atoms with Gasteiger partial charge in [0.15, 0.2) is 0 Å².